The smallest absolute Gasteiger partial charge is 0.192 e. The van der Waals surface area contributed by atoms with E-state index >= 15 is 0 Å². The minimum Gasteiger partial charge on any atom is -0.423 e. The van der Waals surface area contributed by atoms with Crippen molar-refractivity contribution in [3.05, 3.63) is 0 Å². The summed E-state index contributed by atoms with van der Waals surface area (Å²) in [7, 11) is 1.41. The van der Waals surface area contributed by atoms with Crippen LogP contribution in [0.25, 0.3) is 0 Å². The van der Waals surface area contributed by atoms with Crippen LogP contribution >= 0.6 is 0 Å². The highest BCUT2D eigenvalue weighted by Crippen LogP contribution is 2.22. The number of hydrogen-bond acceptors (Lipinski definition) is 2. The normalized spacial score (nSPS) is 14.4. The van der Waals surface area contributed by atoms with E-state index in [2.05, 4.69) is 27.7 Å². The summed E-state index contributed by atoms with van der Waals surface area (Å²) in [6, 6.07) is 0. The molecule has 0 unspecified atom stereocenters. The highest BCUT2D eigenvalue weighted by molar-refractivity contribution is 6.34. The van der Waals surface area contributed by atoms with E-state index in [-0.39, 0.29) is 10.4 Å². The van der Waals surface area contributed by atoms with Crippen molar-refractivity contribution < 1.29 is 8.85 Å². The molecule has 0 amide bonds. The van der Waals surface area contributed by atoms with Crippen LogP contribution in [-0.4, -0.2) is 40.9 Å². The van der Waals surface area contributed by atoms with E-state index in [1.807, 2.05) is 0 Å². The van der Waals surface area contributed by atoms with Crippen molar-refractivity contribution in [1.29, 1.82) is 0 Å². The summed E-state index contributed by atoms with van der Waals surface area (Å²) in [5.74, 6) is 0. The fourth-order valence-corrected chi connectivity index (χ4v) is 4.47. The van der Waals surface area contributed by atoms with E-state index in [1.54, 1.807) is 0 Å². The molecule has 0 rings (SSSR count). The zero-order valence-electron chi connectivity index (χ0n) is 11.4. The van der Waals surface area contributed by atoms with Gasteiger partial charge in [0.1, 0.15) is 10.5 Å². The average Bonchev–Trinajstić information content (AvgIpc) is 2.31. The van der Waals surface area contributed by atoms with Gasteiger partial charge in [-0.05, 0) is 25.7 Å². The molecular weight excluding hydrogens is 236 g/mol. The van der Waals surface area contributed by atoms with Crippen molar-refractivity contribution >= 4 is 30.5 Å². The van der Waals surface area contributed by atoms with Gasteiger partial charge in [0, 0.05) is 15.5 Å². The third-order valence-electron chi connectivity index (χ3n) is 3.90. The molecule has 5 heteroatoms. The minimum atomic E-state index is -0.561. The van der Waals surface area contributed by atoms with Gasteiger partial charge in [-0.2, -0.15) is 0 Å². The second kappa shape index (κ2) is 7.01. The van der Waals surface area contributed by atoms with Gasteiger partial charge in [0.05, 0.1) is 5.22 Å². The average molecular weight is 265 g/mol. The molecule has 92 valence electrons. The van der Waals surface area contributed by atoms with E-state index in [0.29, 0.717) is 0 Å². The van der Waals surface area contributed by atoms with Crippen molar-refractivity contribution in [2.45, 2.75) is 63.8 Å². The maximum absolute atomic E-state index is 6.26. The van der Waals surface area contributed by atoms with Crippen LogP contribution in [0.1, 0.15) is 53.4 Å². The summed E-state index contributed by atoms with van der Waals surface area (Å²) < 4.78 is 12.1. The lowest BCUT2D eigenvalue weighted by Gasteiger charge is -2.36. The van der Waals surface area contributed by atoms with Gasteiger partial charge in [-0.15, -0.1) is 0 Å². The molecule has 0 aromatic carbocycles. The van der Waals surface area contributed by atoms with Gasteiger partial charge in [-0.1, -0.05) is 27.7 Å². The van der Waals surface area contributed by atoms with E-state index in [1.165, 1.54) is 0 Å². The van der Waals surface area contributed by atoms with Crippen molar-refractivity contribution in [2.24, 2.45) is 0 Å². The Morgan fingerprint density at radius 1 is 1.00 bits per heavy atom. The predicted molar refractivity (Wildman–Crippen MR) is 77.2 cm³/mol. The second-order valence-corrected chi connectivity index (χ2v) is 8.64. The molecule has 15 heavy (non-hydrogen) atoms. The summed E-state index contributed by atoms with van der Waals surface area (Å²) in [5, 5.41) is 0.355. The molecule has 0 aromatic rings. The molecule has 0 aliphatic heterocycles. The number of hydrogen-bond donors (Lipinski definition) is 0. The van der Waals surface area contributed by atoms with Crippen LogP contribution in [-0.2, 0) is 8.85 Å². The van der Waals surface area contributed by atoms with Crippen molar-refractivity contribution in [3.8, 4) is 0 Å². The molecule has 0 atom stereocenters. The molecule has 0 saturated heterocycles. The first-order chi connectivity index (χ1) is 7.01. The van der Waals surface area contributed by atoms with Crippen LogP contribution in [0.3, 0.4) is 0 Å². The number of rotatable bonds is 8. The summed E-state index contributed by atoms with van der Waals surface area (Å²) in [6.45, 7) is 8.94. The van der Waals surface area contributed by atoms with Gasteiger partial charge in [-0.3, -0.25) is 0 Å². The van der Waals surface area contributed by atoms with Gasteiger partial charge in [-0.25, -0.2) is 0 Å². The molecule has 0 aliphatic carbocycles. The van der Waals surface area contributed by atoms with Crippen molar-refractivity contribution in [2.75, 3.05) is 0 Å². The fraction of sp³-hybridized carbons (Fsp3) is 1.00. The topological polar surface area (TPSA) is 18.5 Å². The molecular formula is C10H28O2Si3. The van der Waals surface area contributed by atoms with Crippen molar-refractivity contribution in [3.63, 3.8) is 0 Å². The molecule has 0 saturated carbocycles. The van der Waals surface area contributed by atoms with Crippen LogP contribution in [0.15, 0.2) is 0 Å². The molecule has 2 nitrogen and oxygen atoms in total. The third-order valence-corrected chi connectivity index (χ3v) is 10.3. The van der Waals surface area contributed by atoms with Crippen LogP contribution in [0.2, 0.25) is 0 Å². The fourth-order valence-electron chi connectivity index (χ4n) is 1.56. The van der Waals surface area contributed by atoms with Gasteiger partial charge in [0.25, 0.3) is 0 Å². The lowest BCUT2D eigenvalue weighted by Crippen LogP contribution is -2.45. The standard InChI is InChI=1S/C10H28O2Si3/c1-5-9(13,6-2)12-15-10(7-3,8-4)11-14/h5-8,15H2,1-4,13-14H3. The zero-order chi connectivity index (χ0) is 11.9. The highest BCUT2D eigenvalue weighted by Gasteiger charge is 2.30. The molecule has 0 heterocycles. The van der Waals surface area contributed by atoms with Gasteiger partial charge in [0.15, 0.2) is 9.76 Å². The molecule has 0 aromatic heterocycles. The first kappa shape index (κ1) is 15.6. The van der Waals surface area contributed by atoms with E-state index in [0.717, 1.165) is 46.4 Å². The quantitative estimate of drug-likeness (QED) is 0.565. The van der Waals surface area contributed by atoms with Crippen LogP contribution in [0, 0.1) is 0 Å². The molecule has 0 bridgehead atoms. The summed E-state index contributed by atoms with van der Waals surface area (Å²) in [6.07, 6.45) is 4.55. The molecule has 0 spiro atoms. The van der Waals surface area contributed by atoms with E-state index in [9.17, 15) is 0 Å². The first-order valence-electron chi connectivity index (χ1n) is 6.20. The monoisotopic (exact) mass is 264 g/mol. The largest absolute Gasteiger partial charge is 0.423 e. The molecule has 0 fully saturated rings. The van der Waals surface area contributed by atoms with Crippen LogP contribution in [0.5, 0.6) is 0 Å². The Morgan fingerprint density at radius 3 is 1.73 bits per heavy atom. The Morgan fingerprint density at radius 2 is 1.47 bits per heavy atom. The summed E-state index contributed by atoms with van der Waals surface area (Å²) >= 11 is 0. The summed E-state index contributed by atoms with van der Waals surface area (Å²) in [4.78, 5) is 0. The third kappa shape index (κ3) is 4.52. The van der Waals surface area contributed by atoms with Gasteiger partial charge in [0.2, 0.25) is 0 Å². The highest BCUT2D eigenvalue weighted by atomic mass is 28.2. The SMILES string of the molecule is CCC([SiH3])(CC)O[SiH2]C(CC)(CC)O[SiH3]. The van der Waals surface area contributed by atoms with Crippen molar-refractivity contribution in [1.82, 2.24) is 0 Å². The van der Waals surface area contributed by atoms with E-state index < -0.39 is 9.76 Å². The minimum absolute atomic E-state index is 0.131. The second-order valence-electron chi connectivity index (χ2n) is 4.54. The molecule has 0 radical (unpaired) electrons. The van der Waals surface area contributed by atoms with Crippen LogP contribution < -0.4 is 0 Å². The Hall–Kier alpha value is 0.571. The Bertz CT molecular complexity index is 160. The van der Waals surface area contributed by atoms with Gasteiger partial charge < -0.3 is 8.85 Å². The Labute approximate surface area is 103 Å². The Balaban J connectivity index is 4.32. The molecule has 0 aliphatic rings. The Kier molecular flexibility index (Phi) is 7.27. The maximum Gasteiger partial charge on any atom is 0.192 e. The van der Waals surface area contributed by atoms with Crippen LogP contribution in [0.4, 0.5) is 0 Å². The van der Waals surface area contributed by atoms with E-state index in [4.69, 9.17) is 8.85 Å². The zero-order valence-corrected chi connectivity index (χ0v) is 16.8. The lowest BCUT2D eigenvalue weighted by molar-refractivity contribution is 0.0927. The first-order valence-corrected chi connectivity index (χ1v) is 9.30. The predicted octanol–water partition coefficient (Wildman–Crippen LogP) is -0.218. The van der Waals surface area contributed by atoms with Gasteiger partial charge >= 0.3 is 0 Å². The lowest BCUT2D eigenvalue weighted by atomic mass is 10.2. The summed E-state index contributed by atoms with van der Waals surface area (Å²) in [5.41, 5.74) is 0. The maximum atomic E-state index is 6.26. The molecule has 0 N–H and O–H groups in total.